The van der Waals surface area contributed by atoms with Gasteiger partial charge in [-0.3, -0.25) is 9.69 Å². The molecule has 25 heavy (non-hydrogen) atoms. The summed E-state index contributed by atoms with van der Waals surface area (Å²) < 4.78 is 20.1. The first-order valence-electron chi connectivity index (χ1n) is 7.68. The van der Waals surface area contributed by atoms with E-state index in [4.69, 9.17) is 16.3 Å². The summed E-state index contributed by atoms with van der Waals surface area (Å²) in [5.74, 6) is -0.764. The van der Waals surface area contributed by atoms with E-state index in [-0.39, 0.29) is 22.9 Å². The van der Waals surface area contributed by atoms with Gasteiger partial charge >= 0.3 is 0 Å². The van der Waals surface area contributed by atoms with Crippen molar-refractivity contribution < 1.29 is 13.9 Å². The highest BCUT2D eigenvalue weighted by atomic mass is 35.5. The van der Waals surface area contributed by atoms with Crippen LogP contribution in [-0.2, 0) is 16.0 Å². The molecule has 0 atom stereocenters. The predicted molar refractivity (Wildman–Crippen MR) is 99.0 cm³/mol. The van der Waals surface area contributed by atoms with E-state index >= 15 is 0 Å². The van der Waals surface area contributed by atoms with Gasteiger partial charge in [0.05, 0.1) is 29.8 Å². The number of nitrogens with zero attached hydrogens (tertiary/aromatic N) is 2. The fourth-order valence-electron chi connectivity index (χ4n) is 2.43. The molecule has 0 fully saturated rings. The van der Waals surface area contributed by atoms with Crippen LogP contribution in [0.1, 0.15) is 5.56 Å². The third-order valence-corrected chi connectivity index (χ3v) is 5.14. The lowest BCUT2D eigenvalue weighted by Crippen LogP contribution is -2.35. The van der Waals surface area contributed by atoms with Crippen molar-refractivity contribution in [3.05, 3.63) is 58.9 Å². The van der Waals surface area contributed by atoms with Gasteiger partial charge in [-0.25, -0.2) is 9.37 Å². The molecule has 3 rings (SSSR count). The molecule has 0 aliphatic carbocycles. The zero-order chi connectivity index (χ0) is 17.8. The van der Waals surface area contributed by atoms with Crippen molar-refractivity contribution in [1.29, 1.82) is 0 Å². The number of halogens is 2. The first kappa shape index (κ1) is 17.8. The Morgan fingerprint density at radius 2 is 2.08 bits per heavy atom. The maximum absolute atomic E-state index is 14.0. The number of ether oxygens (including phenoxy) is 1. The zero-order valence-corrected chi connectivity index (χ0v) is 15.1. The Kier molecular flexibility index (Phi) is 5.63. The summed E-state index contributed by atoms with van der Waals surface area (Å²) in [6.45, 7) is 0.688. The number of amides is 1. The van der Waals surface area contributed by atoms with Gasteiger partial charge in [-0.15, -0.1) is 0 Å². The lowest BCUT2D eigenvalue weighted by atomic mass is 10.1. The molecule has 0 aliphatic rings. The lowest BCUT2D eigenvalue weighted by Gasteiger charge is -2.20. The van der Waals surface area contributed by atoms with Crippen LogP contribution in [0.2, 0.25) is 5.02 Å². The number of para-hydroxylation sites is 1. The van der Waals surface area contributed by atoms with Gasteiger partial charge in [0.15, 0.2) is 5.13 Å². The van der Waals surface area contributed by atoms with Crippen molar-refractivity contribution in [2.24, 2.45) is 0 Å². The number of thiazole rings is 1. The van der Waals surface area contributed by atoms with Crippen molar-refractivity contribution >= 4 is 44.2 Å². The number of hydrogen-bond acceptors (Lipinski definition) is 4. The highest BCUT2D eigenvalue weighted by Crippen LogP contribution is 2.29. The van der Waals surface area contributed by atoms with Crippen LogP contribution in [0, 0.1) is 5.82 Å². The van der Waals surface area contributed by atoms with Gasteiger partial charge < -0.3 is 4.74 Å². The van der Waals surface area contributed by atoms with E-state index in [9.17, 15) is 9.18 Å². The molecule has 7 heteroatoms. The minimum absolute atomic E-state index is 0.134. The summed E-state index contributed by atoms with van der Waals surface area (Å²) in [6, 6.07) is 12.0. The summed E-state index contributed by atoms with van der Waals surface area (Å²) in [5.41, 5.74) is 1.01. The molecule has 1 aromatic heterocycles. The Balaban J connectivity index is 1.90. The molecule has 0 saturated carbocycles. The third-order valence-electron chi connectivity index (χ3n) is 3.72. The van der Waals surface area contributed by atoms with Crippen LogP contribution in [-0.4, -0.2) is 31.2 Å². The maximum Gasteiger partial charge on any atom is 0.233 e. The molecule has 130 valence electrons. The van der Waals surface area contributed by atoms with Crippen molar-refractivity contribution in [1.82, 2.24) is 4.98 Å². The second-order valence-corrected chi connectivity index (χ2v) is 6.80. The third kappa shape index (κ3) is 3.98. The van der Waals surface area contributed by atoms with Crippen molar-refractivity contribution in [3.8, 4) is 0 Å². The molecule has 3 aromatic rings. The Hall–Kier alpha value is -2.02. The Morgan fingerprint density at radius 1 is 1.28 bits per heavy atom. The summed E-state index contributed by atoms with van der Waals surface area (Å²) in [4.78, 5) is 18.9. The smallest absolute Gasteiger partial charge is 0.233 e. The number of benzene rings is 2. The summed E-state index contributed by atoms with van der Waals surface area (Å²) in [7, 11) is 1.56. The van der Waals surface area contributed by atoms with E-state index in [1.807, 2.05) is 24.3 Å². The molecular weight excluding hydrogens is 363 g/mol. The molecule has 0 aliphatic heterocycles. The number of methoxy groups -OCH3 is 1. The number of anilines is 1. The number of carbonyl (C=O) groups is 1. The highest BCUT2D eigenvalue weighted by molar-refractivity contribution is 7.22. The summed E-state index contributed by atoms with van der Waals surface area (Å²) in [6.07, 6.45) is -0.134. The number of aromatic nitrogens is 1. The second kappa shape index (κ2) is 7.91. The molecule has 0 unspecified atom stereocenters. The Bertz CT molecular complexity index is 846. The minimum atomic E-state index is -0.489. The number of rotatable bonds is 6. The van der Waals surface area contributed by atoms with Crippen LogP contribution in [0.3, 0.4) is 0 Å². The Morgan fingerprint density at radius 3 is 2.80 bits per heavy atom. The number of fused-ring (bicyclic) bond motifs is 1. The van der Waals surface area contributed by atoms with E-state index in [0.29, 0.717) is 18.3 Å². The molecule has 4 nitrogen and oxygen atoms in total. The SMILES string of the molecule is COCCN(C(=O)Cc1c(F)cccc1Cl)c1nc2ccccc2s1. The molecule has 0 radical (unpaired) electrons. The first-order valence-corrected chi connectivity index (χ1v) is 8.87. The van der Waals surface area contributed by atoms with Gasteiger partial charge in [0.25, 0.3) is 0 Å². The van der Waals surface area contributed by atoms with E-state index in [2.05, 4.69) is 4.98 Å². The van der Waals surface area contributed by atoms with Crippen LogP contribution >= 0.6 is 22.9 Å². The van der Waals surface area contributed by atoms with Crippen LogP contribution in [0.5, 0.6) is 0 Å². The van der Waals surface area contributed by atoms with Crippen molar-refractivity contribution in [2.45, 2.75) is 6.42 Å². The molecule has 0 N–H and O–H groups in total. The highest BCUT2D eigenvalue weighted by Gasteiger charge is 2.22. The lowest BCUT2D eigenvalue weighted by molar-refractivity contribution is -0.118. The van der Waals surface area contributed by atoms with Gasteiger partial charge in [0, 0.05) is 17.7 Å². The predicted octanol–water partition coefficient (Wildman–Crippen LogP) is 4.31. The standard InChI is InChI=1S/C18H16ClFN2O2S/c1-24-10-9-22(18-21-15-7-2-3-8-16(15)25-18)17(23)11-12-13(19)5-4-6-14(12)20/h2-8H,9-11H2,1H3. The first-order chi connectivity index (χ1) is 12.1. The van der Waals surface area contributed by atoms with Gasteiger partial charge in [0.2, 0.25) is 5.91 Å². The summed E-state index contributed by atoms with van der Waals surface area (Å²) >= 11 is 7.46. The van der Waals surface area contributed by atoms with Gasteiger partial charge in [0.1, 0.15) is 5.82 Å². The molecular formula is C18H16ClFN2O2S. The Labute approximate surface area is 153 Å². The zero-order valence-electron chi connectivity index (χ0n) is 13.5. The average Bonchev–Trinajstić information content (AvgIpc) is 3.02. The van der Waals surface area contributed by atoms with Gasteiger partial charge in [-0.2, -0.15) is 0 Å². The fraction of sp³-hybridized carbons (Fsp3) is 0.222. The van der Waals surface area contributed by atoms with E-state index < -0.39 is 5.82 Å². The van der Waals surface area contributed by atoms with Crippen molar-refractivity contribution in [2.75, 3.05) is 25.2 Å². The monoisotopic (exact) mass is 378 g/mol. The fourth-order valence-corrected chi connectivity index (χ4v) is 3.67. The van der Waals surface area contributed by atoms with E-state index in [1.165, 1.54) is 28.4 Å². The van der Waals surface area contributed by atoms with E-state index in [0.717, 1.165) is 10.2 Å². The molecule has 0 saturated heterocycles. The largest absolute Gasteiger partial charge is 0.383 e. The topological polar surface area (TPSA) is 42.4 Å². The normalized spacial score (nSPS) is 11.0. The number of hydrogen-bond donors (Lipinski definition) is 0. The van der Waals surface area contributed by atoms with E-state index in [1.54, 1.807) is 13.2 Å². The maximum atomic E-state index is 14.0. The minimum Gasteiger partial charge on any atom is -0.383 e. The van der Waals surface area contributed by atoms with Gasteiger partial charge in [-0.05, 0) is 24.3 Å². The quantitative estimate of drug-likeness (QED) is 0.641. The van der Waals surface area contributed by atoms with Crippen LogP contribution < -0.4 is 4.90 Å². The van der Waals surface area contributed by atoms with Crippen LogP contribution in [0.25, 0.3) is 10.2 Å². The molecule has 0 bridgehead atoms. The molecule has 1 amide bonds. The van der Waals surface area contributed by atoms with Crippen LogP contribution in [0.4, 0.5) is 9.52 Å². The number of carbonyl (C=O) groups excluding carboxylic acids is 1. The second-order valence-electron chi connectivity index (χ2n) is 5.38. The van der Waals surface area contributed by atoms with Crippen molar-refractivity contribution in [3.63, 3.8) is 0 Å². The van der Waals surface area contributed by atoms with Crippen LogP contribution in [0.15, 0.2) is 42.5 Å². The summed E-state index contributed by atoms with van der Waals surface area (Å²) in [5, 5.41) is 0.806. The average molecular weight is 379 g/mol. The molecule has 0 spiro atoms. The molecule has 2 aromatic carbocycles. The molecule has 1 heterocycles. The van der Waals surface area contributed by atoms with Gasteiger partial charge in [-0.1, -0.05) is 41.1 Å².